The van der Waals surface area contributed by atoms with E-state index in [1.54, 1.807) is 22.5 Å². The molecule has 0 aliphatic carbocycles. The molecule has 1 unspecified atom stereocenters. The first-order valence-corrected chi connectivity index (χ1v) is 9.85. The number of rotatable bonds is 5. The minimum absolute atomic E-state index is 0.0243. The molecule has 0 bridgehead atoms. The first kappa shape index (κ1) is 17.8. The van der Waals surface area contributed by atoms with E-state index in [4.69, 9.17) is 0 Å². The maximum atomic E-state index is 13.3. The van der Waals surface area contributed by atoms with E-state index in [1.165, 1.54) is 6.92 Å². The van der Waals surface area contributed by atoms with Crippen molar-refractivity contribution in [3.05, 3.63) is 36.4 Å². The van der Waals surface area contributed by atoms with E-state index in [1.807, 2.05) is 25.2 Å². The van der Waals surface area contributed by atoms with Crippen LogP contribution in [0.5, 0.6) is 0 Å². The van der Waals surface area contributed by atoms with Gasteiger partial charge in [0, 0.05) is 42.5 Å². The van der Waals surface area contributed by atoms with Gasteiger partial charge in [-0.2, -0.15) is 4.31 Å². The molecule has 134 valence electrons. The Morgan fingerprint density at radius 3 is 2.60 bits per heavy atom. The van der Waals surface area contributed by atoms with Crippen LogP contribution in [0.15, 0.2) is 41.3 Å². The predicted octanol–water partition coefficient (Wildman–Crippen LogP) is 2.17. The average molecular weight is 361 g/mol. The lowest BCUT2D eigenvalue weighted by atomic mass is 10.1. The second-order valence-corrected chi connectivity index (χ2v) is 8.17. The first-order chi connectivity index (χ1) is 11.9. The Kier molecular flexibility index (Phi) is 5.08. The highest BCUT2D eigenvalue weighted by molar-refractivity contribution is 7.89. The number of carbonyl (C=O) groups is 1. The fourth-order valence-corrected chi connectivity index (χ4v) is 5.38. The zero-order valence-corrected chi connectivity index (χ0v) is 15.3. The van der Waals surface area contributed by atoms with Crippen LogP contribution < -0.4 is 10.6 Å². The number of sulfonamides is 1. The van der Waals surface area contributed by atoms with E-state index >= 15 is 0 Å². The molecule has 2 aromatic carbocycles. The van der Waals surface area contributed by atoms with E-state index < -0.39 is 10.0 Å². The second kappa shape index (κ2) is 7.11. The summed E-state index contributed by atoms with van der Waals surface area (Å²) < 4.78 is 28.2. The van der Waals surface area contributed by atoms with Gasteiger partial charge in [-0.3, -0.25) is 4.79 Å². The van der Waals surface area contributed by atoms with Crippen LogP contribution in [0.1, 0.15) is 19.8 Å². The Morgan fingerprint density at radius 1 is 1.20 bits per heavy atom. The molecule has 0 spiro atoms. The monoisotopic (exact) mass is 361 g/mol. The summed E-state index contributed by atoms with van der Waals surface area (Å²) in [7, 11) is -1.77. The smallest absolute Gasteiger partial charge is 0.243 e. The first-order valence-electron chi connectivity index (χ1n) is 8.41. The summed E-state index contributed by atoms with van der Waals surface area (Å²) in [4.78, 5) is 11.7. The third-order valence-corrected chi connectivity index (χ3v) is 6.55. The molecular weight excluding hydrogens is 338 g/mol. The average Bonchev–Trinajstić information content (AvgIpc) is 3.04. The van der Waals surface area contributed by atoms with Crippen molar-refractivity contribution in [2.24, 2.45) is 0 Å². The lowest BCUT2D eigenvalue weighted by Gasteiger charge is -2.25. The Labute approximate surface area is 148 Å². The zero-order chi connectivity index (χ0) is 18.0. The van der Waals surface area contributed by atoms with E-state index in [-0.39, 0.29) is 11.9 Å². The lowest BCUT2D eigenvalue weighted by molar-refractivity contribution is -0.114. The van der Waals surface area contributed by atoms with Gasteiger partial charge in [0.05, 0.1) is 4.90 Å². The van der Waals surface area contributed by atoms with Crippen LogP contribution in [0.3, 0.4) is 0 Å². The van der Waals surface area contributed by atoms with Crippen LogP contribution in [0.25, 0.3) is 10.8 Å². The van der Waals surface area contributed by atoms with E-state index in [2.05, 4.69) is 10.6 Å². The van der Waals surface area contributed by atoms with Crippen molar-refractivity contribution in [2.45, 2.75) is 30.7 Å². The molecule has 1 amide bonds. The number of amides is 1. The number of nitrogens with zero attached hydrogens (tertiary/aromatic N) is 1. The van der Waals surface area contributed by atoms with Crippen molar-refractivity contribution in [2.75, 3.05) is 25.5 Å². The summed E-state index contributed by atoms with van der Waals surface area (Å²) in [5.41, 5.74) is 0.621. The predicted molar refractivity (Wildman–Crippen MR) is 99.1 cm³/mol. The molecule has 1 aliphatic rings. The topological polar surface area (TPSA) is 78.5 Å². The van der Waals surface area contributed by atoms with Gasteiger partial charge in [0.25, 0.3) is 0 Å². The van der Waals surface area contributed by atoms with Gasteiger partial charge in [-0.05, 0) is 32.0 Å². The molecule has 25 heavy (non-hydrogen) atoms. The van der Waals surface area contributed by atoms with Crippen LogP contribution in [-0.4, -0.2) is 44.8 Å². The number of nitrogens with one attached hydrogen (secondary N) is 2. The van der Waals surface area contributed by atoms with Crippen molar-refractivity contribution in [1.82, 2.24) is 9.62 Å². The number of carbonyl (C=O) groups excluding carboxylic acids is 1. The maximum Gasteiger partial charge on any atom is 0.243 e. The Morgan fingerprint density at radius 2 is 1.92 bits per heavy atom. The van der Waals surface area contributed by atoms with Crippen LogP contribution in [0.2, 0.25) is 0 Å². The van der Waals surface area contributed by atoms with E-state index in [0.29, 0.717) is 29.1 Å². The summed E-state index contributed by atoms with van der Waals surface area (Å²) in [5, 5.41) is 7.20. The molecule has 1 atom stereocenters. The minimum atomic E-state index is -3.60. The highest BCUT2D eigenvalue weighted by Gasteiger charge is 2.35. The summed E-state index contributed by atoms with van der Waals surface area (Å²) in [5.74, 6) is -0.186. The fourth-order valence-electron chi connectivity index (χ4n) is 3.49. The van der Waals surface area contributed by atoms with Gasteiger partial charge in [-0.15, -0.1) is 0 Å². The maximum absolute atomic E-state index is 13.3. The molecule has 6 nitrogen and oxygen atoms in total. The Hall–Kier alpha value is -1.96. The van der Waals surface area contributed by atoms with Crippen molar-refractivity contribution in [1.29, 1.82) is 0 Å². The Balaban J connectivity index is 2.11. The van der Waals surface area contributed by atoms with Gasteiger partial charge in [0.15, 0.2) is 0 Å². The molecule has 2 N–H and O–H groups in total. The summed E-state index contributed by atoms with van der Waals surface area (Å²) in [6, 6.07) is 10.5. The number of hydrogen-bond donors (Lipinski definition) is 2. The van der Waals surface area contributed by atoms with Crippen molar-refractivity contribution < 1.29 is 13.2 Å². The molecule has 7 heteroatoms. The third kappa shape index (κ3) is 3.40. The molecule has 1 heterocycles. The highest BCUT2D eigenvalue weighted by atomic mass is 32.2. The molecule has 0 aromatic heterocycles. The molecule has 0 saturated carbocycles. The van der Waals surface area contributed by atoms with Gasteiger partial charge in [0.2, 0.25) is 15.9 Å². The summed E-state index contributed by atoms with van der Waals surface area (Å²) >= 11 is 0. The molecular formula is C18H23N3O3S. The summed E-state index contributed by atoms with van der Waals surface area (Å²) in [6.07, 6.45) is 1.73. The van der Waals surface area contributed by atoms with E-state index in [9.17, 15) is 13.2 Å². The van der Waals surface area contributed by atoms with Crippen molar-refractivity contribution in [3.63, 3.8) is 0 Å². The minimum Gasteiger partial charge on any atom is -0.326 e. The highest BCUT2D eigenvalue weighted by Crippen LogP contribution is 2.33. The normalized spacial score (nSPS) is 18.6. The van der Waals surface area contributed by atoms with Gasteiger partial charge >= 0.3 is 0 Å². The van der Waals surface area contributed by atoms with Crippen LogP contribution >= 0.6 is 0 Å². The number of fused-ring (bicyclic) bond motifs is 1. The Bertz CT molecular complexity index is 896. The quantitative estimate of drug-likeness (QED) is 0.855. The second-order valence-electron chi connectivity index (χ2n) is 6.31. The van der Waals surface area contributed by atoms with Crippen molar-refractivity contribution in [3.8, 4) is 0 Å². The van der Waals surface area contributed by atoms with Crippen LogP contribution in [0, 0.1) is 0 Å². The van der Waals surface area contributed by atoms with Gasteiger partial charge in [-0.1, -0.05) is 24.3 Å². The molecule has 1 fully saturated rings. The van der Waals surface area contributed by atoms with Gasteiger partial charge < -0.3 is 10.6 Å². The molecule has 3 rings (SSSR count). The lowest BCUT2D eigenvalue weighted by Crippen LogP contribution is -2.40. The number of benzene rings is 2. The zero-order valence-electron chi connectivity index (χ0n) is 14.5. The molecule has 1 saturated heterocycles. The van der Waals surface area contributed by atoms with Crippen molar-refractivity contribution >= 4 is 32.4 Å². The number of likely N-dealkylation sites (N-methyl/N-ethyl adjacent to an activating group) is 1. The summed E-state index contributed by atoms with van der Waals surface area (Å²) in [6.45, 7) is 2.61. The third-order valence-electron chi connectivity index (χ3n) is 4.54. The number of anilines is 1. The molecule has 0 radical (unpaired) electrons. The molecule has 1 aliphatic heterocycles. The van der Waals surface area contributed by atoms with Gasteiger partial charge in [0.1, 0.15) is 0 Å². The van der Waals surface area contributed by atoms with Gasteiger partial charge in [-0.25, -0.2) is 8.42 Å². The largest absolute Gasteiger partial charge is 0.326 e. The SMILES string of the molecule is CNCC1CCCN1S(=O)(=O)c1ccc(NC(C)=O)c2ccccc12. The number of hydrogen-bond acceptors (Lipinski definition) is 4. The van der Waals surface area contributed by atoms with E-state index in [0.717, 1.165) is 18.2 Å². The standard InChI is InChI=1S/C18H23N3O3S/c1-13(22)20-17-9-10-18(16-8-4-3-7-15(16)17)25(23,24)21-11-5-6-14(21)12-19-2/h3-4,7-10,14,19H,5-6,11-12H2,1-2H3,(H,20,22). The van der Waals surface area contributed by atoms with Crippen LogP contribution in [0.4, 0.5) is 5.69 Å². The molecule has 2 aromatic rings. The van der Waals surface area contributed by atoms with Crippen LogP contribution in [-0.2, 0) is 14.8 Å². The fraction of sp³-hybridized carbons (Fsp3) is 0.389.